The molecular formula is C42H56N10O5. The molecule has 1 aliphatic carbocycles. The predicted octanol–water partition coefficient (Wildman–Crippen LogP) is 5.07. The number of aromatic amines is 1. The van der Waals surface area contributed by atoms with Gasteiger partial charge in [-0.25, -0.2) is 9.78 Å². The average molecular weight is 781 g/mol. The molecular weight excluding hydrogens is 725 g/mol. The Morgan fingerprint density at radius 3 is 2.16 bits per heavy atom. The summed E-state index contributed by atoms with van der Waals surface area (Å²) in [7, 11) is 0. The smallest absolute Gasteiger partial charge is 0.407 e. The standard InChI is InChI=1S/C42H56N10O5/c1-7-51(8-2)24-23-44-39(54)35-22-21-34(27(3)46-35)30-13-9-28(10-14-30)25-36(37(43)53)52(33-19-17-31(18-20-33)38-47-49-50-48-38)40(55)32-15-11-29(12-16-32)26-45-41(56)57-42(4,5)6/h9-10,13-14,17-22,29,32,36H,7-8,11-12,15-16,23-26H2,1-6H3,(H2,43,53)(H,44,54)(H,45,56)(H,47,48,49,50)/t29?,32?,36-/m0/s1. The largest absolute Gasteiger partial charge is 0.444 e. The summed E-state index contributed by atoms with van der Waals surface area (Å²) in [4.78, 5) is 61.2. The minimum Gasteiger partial charge on any atom is -0.444 e. The molecule has 15 heteroatoms. The number of amides is 4. The van der Waals surface area contributed by atoms with Crippen LogP contribution in [-0.2, 0) is 20.7 Å². The van der Waals surface area contributed by atoms with Crippen LogP contribution in [0.1, 0.15) is 82.0 Å². The molecule has 2 aromatic heterocycles. The lowest BCUT2D eigenvalue weighted by molar-refractivity contribution is -0.127. The van der Waals surface area contributed by atoms with Gasteiger partial charge in [-0.05, 0) is 119 Å². The summed E-state index contributed by atoms with van der Waals surface area (Å²) in [6, 6.07) is 17.5. The van der Waals surface area contributed by atoms with Crippen LogP contribution in [0.2, 0.25) is 0 Å². The van der Waals surface area contributed by atoms with Crippen molar-refractivity contribution in [1.29, 1.82) is 0 Å². The fourth-order valence-electron chi connectivity index (χ4n) is 7.18. The topological polar surface area (TPSA) is 201 Å². The van der Waals surface area contributed by atoms with Gasteiger partial charge >= 0.3 is 6.09 Å². The van der Waals surface area contributed by atoms with Crippen molar-refractivity contribution in [3.63, 3.8) is 0 Å². The third-order valence-corrected chi connectivity index (χ3v) is 10.4. The number of nitrogens with one attached hydrogen (secondary N) is 3. The number of anilines is 1. The molecule has 4 aromatic rings. The first kappa shape index (κ1) is 42.4. The third-order valence-electron chi connectivity index (χ3n) is 10.4. The molecule has 4 amide bonds. The van der Waals surface area contributed by atoms with Gasteiger partial charge in [0, 0.05) is 54.5 Å². The molecule has 5 N–H and O–H groups in total. The van der Waals surface area contributed by atoms with Crippen LogP contribution in [0.4, 0.5) is 10.5 Å². The van der Waals surface area contributed by atoms with Crippen LogP contribution in [-0.4, -0.2) is 98.7 Å². The van der Waals surface area contributed by atoms with Crippen molar-refractivity contribution in [2.75, 3.05) is 37.6 Å². The number of rotatable bonds is 16. The first-order chi connectivity index (χ1) is 27.3. The van der Waals surface area contributed by atoms with E-state index in [1.807, 2.05) is 58.0 Å². The number of primary amides is 1. The van der Waals surface area contributed by atoms with Crippen molar-refractivity contribution in [3.05, 3.63) is 77.6 Å². The number of nitrogens with zero attached hydrogens (tertiary/aromatic N) is 6. The summed E-state index contributed by atoms with van der Waals surface area (Å²) in [5.41, 5.74) is 10.4. The van der Waals surface area contributed by atoms with Crippen LogP contribution in [0.3, 0.4) is 0 Å². The molecule has 304 valence electrons. The summed E-state index contributed by atoms with van der Waals surface area (Å²) in [6.07, 6.45) is 2.39. The number of H-pyrrole nitrogens is 1. The Balaban J connectivity index is 1.31. The first-order valence-corrected chi connectivity index (χ1v) is 19.8. The van der Waals surface area contributed by atoms with Crippen LogP contribution in [0.15, 0.2) is 60.7 Å². The second-order valence-electron chi connectivity index (χ2n) is 15.5. The number of carbonyl (C=O) groups is 4. The normalized spacial score (nSPS) is 16.1. The average Bonchev–Trinajstić information content (AvgIpc) is 3.74. The Morgan fingerprint density at radius 1 is 0.912 bits per heavy atom. The van der Waals surface area contributed by atoms with Crippen LogP contribution in [0.5, 0.6) is 0 Å². The number of nitrogens with two attached hydrogens (primary N) is 1. The number of ether oxygens (including phenoxy) is 1. The van der Waals surface area contributed by atoms with E-state index in [-0.39, 0.29) is 30.1 Å². The number of alkyl carbamates (subject to hydrolysis) is 1. The first-order valence-electron chi connectivity index (χ1n) is 19.8. The number of pyridine rings is 1. The lowest BCUT2D eigenvalue weighted by Crippen LogP contribution is -2.52. The predicted molar refractivity (Wildman–Crippen MR) is 218 cm³/mol. The highest BCUT2D eigenvalue weighted by Crippen LogP contribution is 2.33. The second-order valence-corrected chi connectivity index (χ2v) is 15.5. The summed E-state index contributed by atoms with van der Waals surface area (Å²) in [6.45, 7) is 15.2. The maximum atomic E-state index is 14.5. The van der Waals surface area contributed by atoms with Gasteiger partial charge in [-0.1, -0.05) is 44.2 Å². The molecule has 5 rings (SSSR count). The number of benzene rings is 2. The Morgan fingerprint density at radius 2 is 1.58 bits per heavy atom. The monoisotopic (exact) mass is 780 g/mol. The lowest BCUT2D eigenvalue weighted by Gasteiger charge is -2.36. The highest BCUT2D eigenvalue weighted by atomic mass is 16.6. The van der Waals surface area contributed by atoms with Crippen molar-refractivity contribution in [1.82, 2.24) is 41.1 Å². The molecule has 1 fully saturated rings. The molecule has 0 saturated heterocycles. The van der Waals surface area contributed by atoms with Crippen molar-refractivity contribution < 1.29 is 23.9 Å². The SMILES string of the molecule is CCN(CC)CCNC(=O)c1ccc(-c2ccc(C[C@@H](C(N)=O)N(C(=O)C3CCC(CNC(=O)OC(C)(C)C)CC3)c3ccc(-c4nn[nH]n4)cc3)cc2)c(C)n1. The van der Waals surface area contributed by atoms with E-state index in [4.69, 9.17) is 10.5 Å². The summed E-state index contributed by atoms with van der Waals surface area (Å²) in [5, 5.41) is 20.0. The molecule has 0 unspecified atom stereocenters. The maximum absolute atomic E-state index is 14.5. The zero-order chi connectivity index (χ0) is 41.1. The van der Waals surface area contributed by atoms with E-state index in [2.05, 4.69) is 55.0 Å². The van der Waals surface area contributed by atoms with Crippen molar-refractivity contribution in [3.8, 4) is 22.5 Å². The number of aryl methyl sites for hydroxylation is 1. The van der Waals surface area contributed by atoms with E-state index < -0.39 is 23.6 Å². The summed E-state index contributed by atoms with van der Waals surface area (Å²) >= 11 is 0. The Kier molecular flexibility index (Phi) is 14.5. The third kappa shape index (κ3) is 11.7. The van der Waals surface area contributed by atoms with Gasteiger partial charge in [0.1, 0.15) is 17.3 Å². The van der Waals surface area contributed by atoms with Crippen LogP contribution in [0, 0.1) is 18.8 Å². The highest BCUT2D eigenvalue weighted by Gasteiger charge is 2.36. The molecule has 0 radical (unpaired) electrons. The molecule has 1 atom stereocenters. The molecule has 0 spiro atoms. The van der Waals surface area contributed by atoms with E-state index in [1.165, 1.54) is 0 Å². The van der Waals surface area contributed by atoms with Gasteiger partial charge in [-0.15, -0.1) is 10.2 Å². The van der Waals surface area contributed by atoms with Gasteiger partial charge in [0.15, 0.2) is 0 Å². The minimum absolute atomic E-state index is 0.180. The Hall–Kier alpha value is -5.70. The van der Waals surface area contributed by atoms with Gasteiger partial charge in [0.05, 0.1) is 0 Å². The zero-order valence-electron chi connectivity index (χ0n) is 33.9. The fraction of sp³-hybridized carbons (Fsp3) is 0.476. The number of hydrogen-bond donors (Lipinski definition) is 4. The van der Waals surface area contributed by atoms with Crippen molar-refractivity contribution in [2.24, 2.45) is 17.6 Å². The zero-order valence-corrected chi connectivity index (χ0v) is 33.9. The Labute approximate surface area is 334 Å². The van der Waals surface area contributed by atoms with Gasteiger partial charge in [-0.2, -0.15) is 5.21 Å². The number of tetrazole rings is 1. The minimum atomic E-state index is -0.978. The van der Waals surface area contributed by atoms with Gasteiger partial charge in [0.25, 0.3) is 5.91 Å². The van der Waals surface area contributed by atoms with E-state index in [0.717, 1.165) is 49.2 Å². The Bertz CT molecular complexity index is 1950. The van der Waals surface area contributed by atoms with E-state index in [1.54, 1.807) is 35.2 Å². The molecule has 57 heavy (non-hydrogen) atoms. The van der Waals surface area contributed by atoms with Crippen LogP contribution >= 0.6 is 0 Å². The lowest BCUT2D eigenvalue weighted by atomic mass is 9.81. The van der Waals surface area contributed by atoms with E-state index in [0.29, 0.717) is 54.4 Å². The highest BCUT2D eigenvalue weighted by molar-refractivity contribution is 6.02. The number of aromatic nitrogens is 5. The molecule has 0 bridgehead atoms. The maximum Gasteiger partial charge on any atom is 0.407 e. The molecule has 2 heterocycles. The van der Waals surface area contributed by atoms with Crippen LogP contribution in [0.25, 0.3) is 22.5 Å². The van der Waals surface area contributed by atoms with E-state index in [9.17, 15) is 19.2 Å². The van der Waals surface area contributed by atoms with Crippen molar-refractivity contribution >= 4 is 29.5 Å². The fourth-order valence-corrected chi connectivity index (χ4v) is 7.18. The molecule has 1 aliphatic rings. The van der Waals surface area contributed by atoms with Gasteiger partial charge < -0.3 is 26.0 Å². The number of carbonyl (C=O) groups excluding carboxylic acids is 4. The molecule has 15 nitrogen and oxygen atoms in total. The molecule has 2 aromatic carbocycles. The van der Waals surface area contributed by atoms with Crippen LogP contribution < -0.4 is 21.3 Å². The second kappa shape index (κ2) is 19.4. The van der Waals surface area contributed by atoms with Gasteiger partial charge in [-0.3, -0.25) is 19.3 Å². The van der Waals surface area contributed by atoms with Gasteiger partial charge in [0.2, 0.25) is 17.6 Å². The quantitative estimate of drug-likeness (QED) is 0.119. The molecule has 0 aliphatic heterocycles. The van der Waals surface area contributed by atoms with E-state index >= 15 is 0 Å². The summed E-state index contributed by atoms with van der Waals surface area (Å²) in [5.74, 6) is -0.762. The summed E-state index contributed by atoms with van der Waals surface area (Å²) < 4.78 is 5.38. The number of hydrogen-bond acceptors (Lipinski definition) is 10. The van der Waals surface area contributed by atoms with Crippen molar-refractivity contribution in [2.45, 2.75) is 85.3 Å². The number of likely N-dealkylation sites (N-methyl/N-ethyl adjacent to an activating group) is 1. The molecule has 1 saturated carbocycles.